The number of halogens is 1. The Balaban J connectivity index is 2.81. The molecule has 1 N–H and O–H groups in total. The van der Waals surface area contributed by atoms with E-state index in [1.165, 1.54) is 16.7 Å². The zero-order chi connectivity index (χ0) is 13.4. The van der Waals surface area contributed by atoms with Gasteiger partial charge in [-0.15, -0.1) is 0 Å². The van der Waals surface area contributed by atoms with Gasteiger partial charge in [-0.3, -0.25) is 0 Å². The van der Waals surface area contributed by atoms with Crippen molar-refractivity contribution in [1.29, 1.82) is 0 Å². The Morgan fingerprint density at radius 2 is 2.22 bits per heavy atom. The highest BCUT2D eigenvalue weighted by atomic mass is 35.5. The molecule has 0 heterocycles. The van der Waals surface area contributed by atoms with E-state index >= 15 is 0 Å². The predicted molar refractivity (Wildman–Crippen MR) is 78.4 cm³/mol. The lowest BCUT2D eigenvalue weighted by Gasteiger charge is -2.18. The second-order valence-electron chi connectivity index (χ2n) is 4.39. The monoisotopic (exact) mass is 267 g/mol. The molecule has 0 saturated carbocycles. The van der Waals surface area contributed by atoms with Gasteiger partial charge < -0.3 is 10.1 Å². The molecule has 0 aliphatic rings. The molecule has 18 heavy (non-hydrogen) atoms. The molecule has 3 heteroatoms. The Labute approximate surface area is 115 Å². The van der Waals surface area contributed by atoms with Gasteiger partial charge in [-0.1, -0.05) is 30.7 Å². The third kappa shape index (κ3) is 4.71. The topological polar surface area (TPSA) is 21.3 Å². The summed E-state index contributed by atoms with van der Waals surface area (Å²) < 4.78 is 5.75. The van der Waals surface area contributed by atoms with E-state index in [2.05, 4.69) is 44.3 Å². The average Bonchev–Trinajstić information content (AvgIpc) is 2.36. The number of benzene rings is 1. The fourth-order valence-corrected chi connectivity index (χ4v) is 1.84. The Morgan fingerprint density at radius 3 is 2.89 bits per heavy atom. The number of ether oxygens (including phenoxy) is 1. The molecule has 100 valence electrons. The fourth-order valence-electron chi connectivity index (χ4n) is 1.77. The Hall–Kier alpha value is -0.990. The number of hydrogen-bond donors (Lipinski definition) is 1. The average molecular weight is 268 g/mol. The van der Waals surface area contributed by atoms with Gasteiger partial charge in [0.15, 0.2) is 0 Å². The molecule has 0 aromatic heterocycles. The fraction of sp³-hybridized carbons (Fsp3) is 0.467. The molecule has 0 radical (unpaired) electrons. The predicted octanol–water partition coefficient (Wildman–Crippen LogP) is 4.19. The molecule has 0 amide bonds. The molecule has 1 aromatic carbocycles. The summed E-state index contributed by atoms with van der Waals surface area (Å²) in [5.41, 5.74) is 3.87. The van der Waals surface area contributed by atoms with Crippen molar-refractivity contribution in [3.8, 4) is 5.75 Å². The molecule has 0 aliphatic carbocycles. The first-order valence-electron chi connectivity index (χ1n) is 6.41. The van der Waals surface area contributed by atoms with Gasteiger partial charge in [0, 0.05) is 17.1 Å². The number of aryl methyl sites for hydroxylation is 1. The maximum absolute atomic E-state index is 5.75. The van der Waals surface area contributed by atoms with Crippen molar-refractivity contribution in [1.82, 2.24) is 5.32 Å². The van der Waals surface area contributed by atoms with Gasteiger partial charge in [0.1, 0.15) is 12.4 Å². The van der Waals surface area contributed by atoms with Crippen LogP contribution < -0.4 is 10.1 Å². The lowest BCUT2D eigenvalue weighted by Crippen LogP contribution is -2.20. The summed E-state index contributed by atoms with van der Waals surface area (Å²) >= 11 is 5.50. The Kier molecular flexibility index (Phi) is 6.84. The standard InChI is InChI=1S/C15H22ClNO/c1-4-9-17-13(3)14-7-6-12(2)11-15(14)18-10-5-8-16/h5-8,11,13,17H,4,9-10H2,1-3H3/b8-5+. The summed E-state index contributed by atoms with van der Waals surface area (Å²) in [4.78, 5) is 0. The van der Waals surface area contributed by atoms with E-state index in [-0.39, 0.29) is 0 Å². The van der Waals surface area contributed by atoms with Crippen LogP contribution in [-0.2, 0) is 0 Å². The molecule has 1 atom stereocenters. The summed E-state index contributed by atoms with van der Waals surface area (Å²) in [6.45, 7) is 7.90. The molecule has 0 aliphatic heterocycles. The second kappa shape index (κ2) is 8.17. The van der Waals surface area contributed by atoms with Crippen molar-refractivity contribution in [3.63, 3.8) is 0 Å². The highest BCUT2D eigenvalue weighted by Gasteiger charge is 2.10. The molecule has 2 nitrogen and oxygen atoms in total. The molecule has 0 spiro atoms. The van der Waals surface area contributed by atoms with Gasteiger partial charge in [0.25, 0.3) is 0 Å². The van der Waals surface area contributed by atoms with Crippen LogP contribution in [0.15, 0.2) is 29.8 Å². The molecule has 0 bridgehead atoms. The van der Waals surface area contributed by atoms with Gasteiger partial charge in [0.2, 0.25) is 0 Å². The quantitative estimate of drug-likeness (QED) is 0.800. The minimum atomic E-state index is 0.292. The van der Waals surface area contributed by atoms with Crippen LogP contribution in [0, 0.1) is 6.92 Å². The van der Waals surface area contributed by atoms with E-state index in [0.29, 0.717) is 12.6 Å². The minimum absolute atomic E-state index is 0.292. The van der Waals surface area contributed by atoms with Crippen molar-refractivity contribution in [2.24, 2.45) is 0 Å². The number of hydrogen-bond acceptors (Lipinski definition) is 2. The summed E-state index contributed by atoms with van der Waals surface area (Å²) in [5, 5.41) is 3.47. The number of nitrogens with one attached hydrogen (secondary N) is 1. The third-order valence-electron chi connectivity index (χ3n) is 2.76. The minimum Gasteiger partial charge on any atom is -0.489 e. The summed E-state index contributed by atoms with van der Waals surface area (Å²) in [5.74, 6) is 0.931. The van der Waals surface area contributed by atoms with E-state index in [1.54, 1.807) is 6.08 Å². The van der Waals surface area contributed by atoms with Crippen molar-refractivity contribution < 1.29 is 4.74 Å². The van der Waals surface area contributed by atoms with Gasteiger partial charge in [-0.05, 0) is 44.5 Å². The van der Waals surface area contributed by atoms with E-state index in [9.17, 15) is 0 Å². The first-order valence-corrected chi connectivity index (χ1v) is 6.84. The van der Waals surface area contributed by atoms with Crippen LogP contribution in [-0.4, -0.2) is 13.2 Å². The summed E-state index contributed by atoms with van der Waals surface area (Å²) in [7, 11) is 0. The van der Waals surface area contributed by atoms with Crippen LogP contribution in [0.4, 0.5) is 0 Å². The molecule has 0 saturated heterocycles. The normalized spacial score (nSPS) is 12.9. The van der Waals surface area contributed by atoms with Crippen molar-refractivity contribution in [2.75, 3.05) is 13.2 Å². The Bertz CT molecular complexity index is 390. The maximum atomic E-state index is 5.75. The second-order valence-corrected chi connectivity index (χ2v) is 4.64. The highest BCUT2D eigenvalue weighted by Crippen LogP contribution is 2.26. The van der Waals surface area contributed by atoms with Crippen molar-refractivity contribution in [2.45, 2.75) is 33.2 Å². The van der Waals surface area contributed by atoms with Gasteiger partial charge >= 0.3 is 0 Å². The molecule has 0 fully saturated rings. The van der Waals surface area contributed by atoms with Crippen molar-refractivity contribution >= 4 is 11.6 Å². The largest absolute Gasteiger partial charge is 0.489 e. The van der Waals surface area contributed by atoms with Crippen molar-refractivity contribution in [3.05, 3.63) is 40.9 Å². The van der Waals surface area contributed by atoms with Crippen LogP contribution in [0.3, 0.4) is 0 Å². The first-order chi connectivity index (χ1) is 8.69. The molecule has 1 unspecified atom stereocenters. The van der Waals surface area contributed by atoms with Gasteiger partial charge in [-0.25, -0.2) is 0 Å². The van der Waals surface area contributed by atoms with E-state index in [1.807, 2.05) is 0 Å². The Morgan fingerprint density at radius 1 is 1.44 bits per heavy atom. The zero-order valence-electron chi connectivity index (χ0n) is 11.4. The maximum Gasteiger partial charge on any atom is 0.124 e. The number of rotatable bonds is 7. The lowest BCUT2D eigenvalue weighted by atomic mass is 10.0. The molecule has 1 rings (SSSR count). The van der Waals surface area contributed by atoms with E-state index in [0.717, 1.165) is 18.7 Å². The highest BCUT2D eigenvalue weighted by molar-refractivity contribution is 6.25. The van der Waals surface area contributed by atoms with Gasteiger partial charge in [0.05, 0.1) is 0 Å². The molecular formula is C15H22ClNO. The van der Waals surface area contributed by atoms with Crippen LogP contribution in [0.2, 0.25) is 0 Å². The smallest absolute Gasteiger partial charge is 0.124 e. The van der Waals surface area contributed by atoms with Crippen LogP contribution in [0.25, 0.3) is 0 Å². The van der Waals surface area contributed by atoms with Crippen LogP contribution in [0.5, 0.6) is 5.75 Å². The van der Waals surface area contributed by atoms with E-state index in [4.69, 9.17) is 16.3 Å². The summed E-state index contributed by atoms with van der Waals surface area (Å²) in [6.07, 6.45) is 2.92. The SMILES string of the molecule is CCCNC(C)c1ccc(C)cc1OC/C=C/Cl. The van der Waals surface area contributed by atoms with Crippen LogP contribution in [0.1, 0.15) is 37.4 Å². The summed E-state index contributed by atoms with van der Waals surface area (Å²) in [6, 6.07) is 6.61. The molecule has 1 aromatic rings. The third-order valence-corrected chi connectivity index (χ3v) is 2.94. The first kappa shape index (κ1) is 15.1. The zero-order valence-corrected chi connectivity index (χ0v) is 12.1. The lowest BCUT2D eigenvalue weighted by molar-refractivity contribution is 0.353. The van der Waals surface area contributed by atoms with E-state index < -0.39 is 0 Å². The van der Waals surface area contributed by atoms with Gasteiger partial charge in [-0.2, -0.15) is 0 Å². The van der Waals surface area contributed by atoms with Crippen LogP contribution >= 0.6 is 11.6 Å². The molecular weight excluding hydrogens is 246 g/mol.